The number of para-hydroxylation sites is 1. The monoisotopic (exact) mass is 689 g/mol. The molecule has 0 aliphatic rings. The van der Waals surface area contributed by atoms with Crippen molar-refractivity contribution in [3.63, 3.8) is 0 Å². The highest BCUT2D eigenvalue weighted by molar-refractivity contribution is 6.22. The summed E-state index contributed by atoms with van der Waals surface area (Å²) in [5.41, 5.74) is 14.5. The maximum absolute atomic E-state index is 6.46. The number of nitrogens with zero attached hydrogens (tertiary/aromatic N) is 1. The first-order chi connectivity index (χ1) is 26.8. The van der Waals surface area contributed by atoms with E-state index in [1.54, 1.807) is 0 Å². The van der Waals surface area contributed by atoms with Crippen LogP contribution in [0.4, 0.5) is 17.1 Å². The standard InChI is InChI=1S/C52H35NO/c1-4-14-36(15-5-1)40-20-12-22-44(32-40)53(45-23-13-21-41(33-45)37-16-6-2-7-17-37)43-29-26-38(27-30-43)42-28-31-46-48(39-18-8-3-9-19-39)35-51-52(49(46)34-42)47-24-10-11-25-50(47)54-51/h1-35H. The summed E-state index contributed by atoms with van der Waals surface area (Å²) in [6, 6.07) is 75.8. The molecule has 254 valence electrons. The van der Waals surface area contributed by atoms with Crippen LogP contribution >= 0.6 is 0 Å². The minimum absolute atomic E-state index is 0.904. The highest BCUT2D eigenvalue weighted by atomic mass is 16.3. The molecule has 54 heavy (non-hydrogen) atoms. The van der Waals surface area contributed by atoms with Gasteiger partial charge in [0.25, 0.3) is 0 Å². The fourth-order valence-electron chi connectivity index (χ4n) is 7.84. The Morgan fingerprint density at radius 2 is 0.778 bits per heavy atom. The van der Waals surface area contributed by atoms with Crippen molar-refractivity contribution in [1.82, 2.24) is 0 Å². The van der Waals surface area contributed by atoms with Crippen molar-refractivity contribution in [3.05, 3.63) is 212 Å². The van der Waals surface area contributed by atoms with E-state index in [1.165, 1.54) is 44.2 Å². The average molecular weight is 690 g/mol. The van der Waals surface area contributed by atoms with Crippen LogP contribution in [0.5, 0.6) is 0 Å². The Bertz CT molecular complexity index is 2830. The van der Waals surface area contributed by atoms with Crippen LogP contribution in [0.15, 0.2) is 217 Å². The summed E-state index contributed by atoms with van der Waals surface area (Å²) in [5.74, 6) is 0. The second-order valence-corrected chi connectivity index (χ2v) is 13.7. The highest BCUT2D eigenvalue weighted by Crippen LogP contribution is 2.43. The topological polar surface area (TPSA) is 16.4 Å². The summed E-state index contributed by atoms with van der Waals surface area (Å²) in [4.78, 5) is 2.36. The first-order valence-corrected chi connectivity index (χ1v) is 18.4. The number of fused-ring (bicyclic) bond motifs is 5. The first-order valence-electron chi connectivity index (χ1n) is 18.4. The van der Waals surface area contributed by atoms with E-state index in [0.717, 1.165) is 50.1 Å². The molecule has 0 N–H and O–H groups in total. The van der Waals surface area contributed by atoms with Gasteiger partial charge < -0.3 is 9.32 Å². The molecule has 10 rings (SSSR count). The summed E-state index contributed by atoms with van der Waals surface area (Å²) >= 11 is 0. The Balaban J connectivity index is 1.10. The summed E-state index contributed by atoms with van der Waals surface area (Å²) in [6.45, 7) is 0. The normalized spacial score (nSPS) is 11.3. The van der Waals surface area contributed by atoms with Gasteiger partial charge in [0.05, 0.1) is 0 Å². The van der Waals surface area contributed by atoms with E-state index in [9.17, 15) is 0 Å². The van der Waals surface area contributed by atoms with Gasteiger partial charge in [-0.25, -0.2) is 0 Å². The minimum atomic E-state index is 0.904. The second kappa shape index (κ2) is 13.4. The summed E-state index contributed by atoms with van der Waals surface area (Å²) in [6.07, 6.45) is 0. The molecule has 10 aromatic rings. The van der Waals surface area contributed by atoms with Crippen molar-refractivity contribution in [3.8, 4) is 44.5 Å². The molecule has 0 aliphatic heterocycles. The number of anilines is 3. The molecule has 0 saturated carbocycles. The van der Waals surface area contributed by atoms with Crippen molar-refractivity contribution in [2.75, 3.05) is 4.90 Å². The van der Waals surface area contributed by atoms with Crippen LogP contribution in [0.3, 0.4) is 0 Å². The summed E-state index contributed by atoms with van der Waals surface area (Å²) in [7, 11) is 0. The SMILES string of the molecule is c1ccc(-c2cccc(N(c3ccc(-c4ccc5c(-c6ccccc6)cc6oc7ccccc7c6c5c4)cc3)c3cccc(-c4ccccc4)c3)c2)cc1. The molecule has 2 nitrogen and oxygen atoms in total. The van der Waals surface area contributed by atoms with Crippen LogP contribution < -0.4 is 4.90 Å². The minimum Gasteiger partial charge on any atom is -0.456 e. The second-order valence-electron chi connectivity index (χ2n) is 13.7. The Hall–Kier alpha value is -7.16. The lowest BCUT2D eigenvalue weighted by atomic mass is 9.92. The quantitative estimate of drug-likeness (QED) is 0.166. The van der Waals surface area contributed by atoms with Gasteiger partial charge in [0.2, 0.25) is 0 Å². The predicted molar refractivity (Wildman–Crippen MR) is 228 cm³/mol. The molecule has 0 atom stereocenters. The zero-order chi connectivity index (χ0) is 35.8. The maximum atomic E-state index is 6.46. The lowest BCUT2D eigenvalue weighted by molar-refractivity contribution is 0.669. The van der Waals surface area contributed by atoms with Crippen molar-refractivity contribution in [2.24, 2.45) is 0 Å². The number of hydrogen-bond donors (Lipinski definition) is 0. The third-order valence-corrected chi connectivity index (χ3v) is 10.4. The molecule has 1 heterocycles. The van der Waals surface area contributed by atoms with Crippen molar-refractivity contribution < 1.29 is 4.42 Å². The lowest BCUT2D eigenvalue weighted by Crippen LogP contribution is -2.10. The van der Waals surface area contributed by atoms with E-state index in [2.05, 4.69) is 211 Å². The van der Waals surface area contributed by atoms with Crippen LogP contribution in [-0.4, -0.2) is 0 Å². The summed E-state index contributed by atoms with van der Waals surface area (Å²) in [5, 5.41) is 4.69. The Morgan fingerprint density at radius 1 is 0.278 bits per heavy atom. The molecule has 0 saturated heterocycles. The molecule has 9 aromatic carbocycles. The van der Waals surface area contributed by atoms with E-state index in [4.69, 9.17) is 4.42 Å². The van der Waals surface area contributed by atoms with Gasteiger partial charge in [-0.3, -0.25) is 0 Å². The van der Waals surface area contributed by atoms with Gasteiger partial charge in [-0.05, 0) is 110 Å². The molecule has 0 bridgehead atoms. The zero-order valence-corrected chi connectivity index (χ0v) is 29.6. The van der Waals surface area contributed by atoms with E-state index in [1.807, 2.05) is 6.07 Å². The molecule has 0 radical (unpaired) electrons. The van der Waals surface area contributed by atoms with E-state index in [-0.39, 0.29) is 0 Å². The van der Waals surface area contributed by atoms with Crippen LogP contribution in [0, 0.1) is 0 Å². The molecule has 0 amide bonds. The van der Waals surface area contributed by atoms with E-state index >= 15 is 0 Å². The van der Waals surface area contributed by atoms with E-state index in [0.29, 0.717) is 0 Å². The number of furan rings is 1. The lowest BCUT2D eigenvalue weighted by Gasteiger charge is -2.27. The van der Waals surface area contributed by atoms with Crippen LogP contribution in [0.25, 0.3) is 77.2 Å². The molecular weight excluding hydrogens is 655 g/mol. The van der Waals surface area contributed by atoms with Crippen molar-refractivity contribution >= 4 is 49.8 Å². The molecule has 0 fully saturated rings. The van der Waals surface area contributed by atoms with Gasteiger partial charge >= 0.3 is 0 Å². The fraction of sp³-hybridized carbons (Fsp3) is 0. The number of rotatable bonds is 7. The van der Waals surface area contributed by atoms with E-state index < -0.39 is 0 Å². The Labute approximate surface area is 314 Å². The Kier molecular flexibility index (Phi) is 7.85. The molecular formula is C52H35NO. The number of hydrogen-bond acceptors (Lipinski definition) is 2. The molecule has 1 aromatic heterocycles. The zero-order valence-electron chi connectivity index (χ0n) is 29.6. The smallest absolute Gasteiger partial charge is 0.136 e. The molecule has 0 aliphatic carbocycles. The van der Waals surface area contributed by atoms with Crippen molar-refractivity contribution in [2.45, 2.75) is 0 Å². The highest BCUT2D eigenvalue weighted by Gasteiger charge is 2.18. The third kappa shape index (κ3) is 5.71. The van der Waals surface area contributed by atoms with Gasteiger partial charge in [0.15, 0.2) is 0 Å². The maximum Gasteiger partial charge on any atom is 0.136 e. The summed E-state index contributed by atoms with van der Waals surface area (Å²) < 4.78 is 6.46. The van der Waals surface area contributed by atoms with Gasteiger partial charge in [-0.1, -0.05) is 158 Å². The van der Waals surface area contributed by atoms with Gasteiger partial charge in [0, 0.05) is 27.8 Å². The number of benzene rings is 9. The average Bonchev–Trinajstić information content (AvgIpc) is 3.64. The van der Waals surface area contributed by atoms with Gasteiger partial charge in [-0.2, -0.15) is 0 Å². The van der Waals surface area contributed by atoms with Crippen LogP contribution in [0.2, 0.25) is 0 Å². The molecule has 2 heteroatoms. The molecule has 0 spiro atoms. The largest absolute Gasteiger partial charge is 0.456 e. The Morgan fingerprint density at radius 3 is 1.41 bits per heavy atom. The van der Waals surface area contributed by atoms with Crippen LogP contribution in [0.1, 0.15) is 0 Å². The van der Waals surface area contributed by atoms with Crippen LogP contribution in [-0.2, 0) is 0 Å². The fourth-order valence-corrected chi connectivity index (χ4v) is 7.84. The predicted octanol–water partition coefficient (Wildman–Crippen LogP) is 14.9. The van der Waals surface area contributed by atoms with Gasteiger partial charge in [-0.15, -0.1) is 0 Å². The van der Waals surface area contributed by atoms with Crippen molar-refractivity contribution in [1.29, 1.82) is 0 Å². The van der Waals surface area contributed by atoms with Gasteiger partial charge in [0.1, 0.15) is 11.2 Å². The third-order valence-electron chi connectivity index (χ3n) is 10.4. The molecule has 0 unspecified atom stereocenters. The first kappa shape index (κ1) is 31.6.